The first-order valence-corrected chi connectivity index (χ1v) is 10.5. The van der Waals surface area contributed by atoms with Crippen LogP contribution in [0.15, 0.2) is 53.6 Å². The third-order valence-corrected chi connectivity index (χ3v) is 5.69. The van der Waals surface area contributed by atoms with E-state index in [-0.39, 0.29) is 5.24 Å². The van der Waals surface area contributed by atoms with Crippen molar-refractivity contribution in [1.29, 1.82) is 0 Å². The predicted octanol–water partition coefficient (Wildman–Crippen LogP) is 3.95. The molecule has 32 heavy (non-hydrogen) atoms. The first-order chi connectivity index (χ1) is 15.5. The molecule has 1 saturated heterocycles. The van der Waals surface area contributed by atoms with Crippen LogP contribution in [-0.2, 0) is 11.3 Å². The summed E-state index contributed by atoms with van der Waals surface area (Å²) in [4.78, 5) is 24.0. The quantitative estimate of drug-likeness (QED) is 0.544. The molecule has 1 fully saturated rings. The number of rotatable bonds is 7. The number of ether oxygens (including phenoxy) is 3. The summed E-state index contributed by atoms with van der Waals surface area (Å²) in [6, 6.07) is 13.2. The van der Waals surface area contributed by atoms with Crippen molar-refractivity contribution in [1.82, 2.24) is 15.1 Å². The van der Waals surface area contributed by atoms with E-state index < -0.39 is 5.91 Å². The summed E-state index contributed by atoms with van der Waals surface area (Å²) in [6.07, 6.45) is 3.52. The minimum absolute atomic E-state index is 0.320. The molecule has 1 aliphatic heterocycles. The number of benzene rings is 2. The van der Waals surface area contributed by atoms with Gasteiger partial charge >= 0.3 is 0 Å². The molecule has 1 aromatic heterocycles. The van der Waals surface area contributed by atoms with Gasteiger partial charge in [0.25, 0.3) is 11.1 Å². The minimum atomic E-state index is -0.416. The van der Waals surface area contributed by atoms with Crippen LogP contribution in [0.1, 0.15) is 11.1 Å². The van der Waals surface area contributed by atoms with E-state index in [1.807, 2.05) is 42.6 Å². The molecule has 0 spiro atoms. The Hall–Kier alpha value is -3.72. The Bertz CT molecular complexity index is 1200. The van der Waals surface area contributed by atoms with Crippen LogP contribution in [0.2, 0.25) is 0 Å². The van der Waals surface area contributed by atoms with Gasteiger partial charge in [-0.25, -0.2) is 0 Å². The molecule has 9 heteroatoms. The molecule has 0 aliphatic carbocycles. The van der Waals surface area contributed by atoms with Gasteiger partial charge in [0.1, 0.15) is 5.75 Å². The second kappa shape index (κ2) is 9.19. The molecule has 0 atom stereocenters. The molecule has 2 amide bonds. The van der Waals surface area contributed by atoms with Crippen LogP contribution in [-0.4, -0.2) is 42.3 Å². The van der Waals surface area contributed by atoms with Crippen LogP contribution in [0.4, 0.5) is 4.79 Å². The molecule has 4 rings (SSSR count). The van der Waals surface area contributed by atoms with Gasteiger partial charge in [-0.15, -0.1) is 0 Å². The van der Waals surface area contributed by atoms with Crippen LogP contribution in [0.25, 0.3) is 17.3 Å². The van der Waals surface area contributed by atoms with E-state index in [0.29, 0.717) is 34.2 Å². The fourth-order valence-electron chi connectivity index (χ4n) is 3.31. The molecular formula is C23H21N3O5S. The van der Waals surface area contributed by atoms with Gasteiger partial charge in [-0.1, -0.05) is 12.1 Å². The number of carbonyl (C=O) groups is 2. The van der Waals surface area contributed by atoms with E-state index in [4.69, 9.17) is 19.3 Å². The Kier molecular flexibility index (Phi) is 6.18. The zero-order valence-electron chi connectivity index (χ0n) is 17.7. The van der Waals surface area contributed by atoms with Gasteiger partial charge in [-0.3, -0.25) is 19.6 Å². The number of imide groups is 1. The van der Waals surface area contributed by atoms with Gasteiger partial charge in [-0.2, -0.15) is 5.10 Å². The average Bonchev–Trinajstić information content (AvgIpc) is 3.35. The Labute approximate surface area is 189 Å². The number of carbonyl (C=O) groups excluding carboxylic acids is 2. The zero-order valence-corrected chi connectivity index (χ0v) is 18.6. The highest BCUT2D eigenvalue weighted by Gasteiger charge is 2.26. The lowest BCUT2D eigenvalue weighted by molar-refractivity contribution is -0.115. The van der Waals surface area contributed by atoms with Crippen LogP contribution in [0.3, 0.4) is 0 Å². The molecule has 0 radical (unpaired) electrons. The lowest BCUT2D eigenvalue weighted by atomic mass is 10.1. The lowest BCUT2D eigenvalue weighted by Crippen LogP contribution is -2.17. The molecule has 0 bridgehead atoms. The third kappa shape index (κ3) is 4.47. The number of thioether (sulfide) groups is 1. The van der Waals surface area contributed by atoms with Gasteiger partial charge in [0.05, 0.1) is 38.5 Å². The van der Waals surface area contributed by atoms with Crippen molar-refractivity contribution in [3.63, 3.8) is 0 Å². The second-order valence-corrected chi connectivity index (χ2v) is 7.92. The summed E-state index contributed by atoms with van der Waals surface area (Å²) in [5.74, 6) is 1.53. The summed E-state index contributed by atoms with van der Waals surface area (Å²) in [5, 5.41) is 6.64. The molecule has 8 nitrogen and oxygen atoms in total. The normalized spacial score (nSPS) is 14.5. The summed E-state index contributed by atoms with van der Waals surface area (Å²) in [7, 11) is 4.77. The molecule has 0 saturated carbocycles. The van der Waals surface area contributed by atoms with Gasteiger partial charge in [0, 0.05) is 17.3 Å². The Balaban J connectivity index is 1.75. The Morgan fingerprint density at radius 3 is 2.38 bits per heavy atom. The van der Waals surface area contributed by atoms with Crippen LogP contribution >= 0.6 is 11.8 Å². The fourth-order valence-corrected chi connectivity index (χ4v) is 3.98. The number of methoxy groups -OCH3 is 3. The summed E-state index contributed by atoms with van der Waals surface area (Å²) >= 11 is 0.869. The van der Waals surface area contributed by atoms with E-state index in [9.17, 15) is 9.59 Å². The Morgan fingerprint density at radius 2 is 1.75 bits per heavy atom. The molecule has 2 heterocycles. The van der Waals surface area contributed by atoms with E-state index in [1.54, 1.807) is 38.2 Å². The van der Waals surface area contributed by atoms with E-state index in [2.05, 4.69) is 5.32 Å². The first kappa shape index (κ1) is 21.5. The van der Waals surface area contributed by atoms with Crippen molar-refractivity contribution in [3.8, 4) is 28.5 Å². The van der Waals surface area contributed by atoms with E-state index >= 15 is 0 Å². The van der Waals surface area contributed by atoms with Crippen molar-refractivity contribution < 1.29 is 23.8 Å². The van der Waals surface area contributed by atoms with Crippen LogP contribution in [0, 0.1) is 0 Å². The number of nitrogens with one attached hydrogen (secondary N) is 1. The number of amides is 2. The monoisotopic (exact) mass is 451 g/mol. The lowest BCUT2D eigenvalue weighted by Gasteiger charge is -2.09. The molecule has 164 valence electrons. The number of aromatic nitrogens is 2. The highest BCUT2D eigenvalue weighted by molar-refractivity contribution is 8.18. The first-order valence-electron chi connectivity index (χ1n) is 9.68. The zero-order chi connectivity index (χ0) is 22.7. The summed E-state index contributed by atoms with van der Waals surface area (Å²) in [5.41, 5.74) is 3.19. The van der Waals surface area contributed by atoms with Crippen molar-refractivity contribution in [3.05, 3.63) is 64.7 Å². The second-order valence-electron chi connectivity index (χ2n) is 6.90. The summed E-state index contributed by atoms with van der Waals surface area (Å²) in [6.45, 7) is 0.520. The Morgan fingerprint density at radius 1 is 1.00 bits per heavy atom. The highest BCUT2D eigenvalue weighted by atomic mass is 32.2. The van der Waals surface area contributed by atoms with Crippen molar-refractivity contribution in [2.45, 2.75) is 6.54 Å². The third-order valence-electron chi connectivity index (χ3n) is 4.88. The topological polar surface area (TPSA) is 91.7 Å². The maximum absolute atomic E-state index is 12.1. The van der Waals surface area contributed by atoms with Gasteiger partial charge < -0.3 is 14.2 Å². The maximum Gasteiger partial charge on any atom is 0.290 e. The summed E-state index contributed by atoms with van der Waals surface area (Å²) < 4.78 is 17.8. The molecule has 1 aliphatic rings. The maximum atomic E-state index is 12.1. The molecule has 0 unspecified atom stereocenters. The molecule has 3 aromatic rings. The number of hydrogen-bond donors (Lipinski definition) is 1. The fraction of sp³-hybridized carbons (Fsp3) is 0.174. The van der Waals surface area contributed by atoms with Gasteiger partial charge in [-0.05, 0) is 53.7 Å². The van der Waals surface area contributed by atoms with E-state index in [0.717, 1.165) is 28.6 Å². The van der Waals surface area contributed by atoms with Crippen LogP contribution < -0.4 is 19.5 Å². The average molecular weight is 452 g/mol. The SMILES string of the molecule is COc1ccc(Cn2cc(/C=C3/SC(=O)NC3=O)c(-c3ccc(OC)c(OC)c3)n2)cc1. The van der Waals surface area contributed by atoms with Crippen molar-refractivity contribution in [2.24, 2.45) is 0 Å². The van der Waals surface area contributed by atoms with Gasteiger partial charge in [0.2, 0.25) is 0 Å². The van der Waals surface area contributed by atoms with E-state index in [1.165, 1.54) is 0 Å². The number of hydrogen-bond acceptors (Lipinski definition) is 7. The molecular weight excluding hydrogens is 430 g/mol. The van der Waals surface area contributed by atoms with Crippen molar-refractivity contribution in [2.75, 3.05) is 21.3 Å². The largest absolute Gasteiger partial charge is 0.497 e. The van der Waals surface area contributed by atoms with Crippen LogP contribution in [0.5, 0.6) is 17.2 Å². The molecule has 2 aromatic carbocycles. The minimum Gasteiger partial charge on any atom is -0.497 e. The predicted molar refractivity (Wildman–Crippen MR) is 122 cm³/mol. The standard InChI is InChI=1S/C23H21N3O5S/c1-29-17-7-4-14(5-8-17)12-26-13-16(11-20-22(27)24-23(28)32-20)21(25-26)15-6-9-18(30-2)19(10-15)31-3/h4-11,13H,12H2,1-3H3,(H,24,27,28)/b20-11+. The number of nitrogens with zero attached hydrogens (tertiary/aromatic N) is 2. The van der Waals surface area contributed by atoms with Gasteiger partial charge in [0.15, 0.2) is 11.5 Å². The smallest absolute Gasteiger partial charge is 0.290 e. The highest BCUT2D eigenvalue weighted by Crippen LogP contribution is 2.35. The molecule has 1 N–H and O–H groups in total. The van der Waals surface area contributed by atoms with Crippen molar-refractivity contribution >= 4 is 29.0 Å².